The molecule has 2 atom stereocenters. The van der Waals surface area contributed by atoms with Gasteiger partial charge in [-0.2, -0.15) is 8.78 Å². The summed E-state index contributed by atoms with van der Waals surface area (Å²) in [7, 11) is 0. The van der Waals surface area contributed by atoms with Gasteiger partial charge in [-0.15, -0.1) is 0 Å². The number of alkyl halides is 4. The van der Waals surface area contributed by atoms with E-state index in [-0.39, 0.29) is 11.6 Å². The van der Waals surface area contributed by atoms with Crippen LogP contribution in [0, 0.1) is 0 Å². The summed E-state index contributed by atoms with van der Waals surface area (Å²) in [6.07, 6.45) is 1.44. The van der Waals surface area contributed by atoms with Crippen molar-refractivity contribution in [2.24, 2.45) is 0 Å². The third-order valence-electron chi connectivity index (χ3n) is 5.05. The van der Waals surface area contributed by atoms with Crippen LogP contribution in [0.3, 0.4) is 0 Å². The molecule has 140 valence electrons. The lowest BCUT2D eigenvalue weighted by atomic mass is 9.83. The fourth-order valence-electron chi connectivity index (χ4n) is 4.11. The van der Waals surface area contributed by atoms with Crippen molar-refractivity contribution in [3.8, 4) is 5.75 Å². The zero-order chi connectivity index (χ0) is 18.2. The highest BCUT2D eigenvalue weighted by molar-refractivity contribution is 5.55. The smallest absolute Gasteiger partial charge is 0.387 e. The fraction of sp³-hybridized carbons (Fsp3) is 0.667. The van der Waals surface area contributed by atoms with Gasteiger partial charge >= 0.3 is 6.61 Å². The van der Waals surface area contributed by atoms with Gasteiger partial charge in [0.15, 0.2) is 0 Å². The Labute approximate surface area is 145 Å². The van der Waals surface area contributed by atoms with Crippen molar-refractivity contribution in [2.45, 2.75) is 70.2 Å². The predicted octanol–water partition coefficient (Wildman–Crippen LogP) is 4.73. The summed E-state index contributed by atoms with van der Waals surface area (Å²) in [4.78, 5) is 2.15. The second-order valence-corrected chi connectivity index (χ2v) is 7.52. The maximum atomic E-state index is 13.4. The molecule has 2 unspecified atom stereocenters. The number of rotatable bonds is 4. The minimum Gasteiger partial charge on any atom is -0.434 e. The number of fused-ring (bicyclic) bond motifs is 1. The summed E-state index contributed by atoms with van der Waals surface area (Å²) < 4.78 is 55.9. The van der Waals surface area contributed by atoms with Crippen LogP contribution in [0.4, 0.5) is 23.2 Å². The van der Waals surface area contributed by atoms with E-state index in [4.69, 9.17) is 0 Å². The van der Waals surface area contributed by atoms with Crippen molar-refractivity contribution >= 4 is 5.69 Å². The SMILES string of the molecule is CC1(C)CN(c2ccc(OC(F)F)c(C(F)F)c2)C2CCCCC2N1. The molecule has 25 heavy (non-hydrogen) atoms. The molecule has 1 heterocycles. The Morgan fingerprint density at radius 2 is 1.88 bits per heavy atom. The first kappa shape index (κ1) is 18.3. The van der Waals surface area contributed by atoms with Crippen molar-refractivity contribution in [3.05, 3.63) is 23.8 Å². The van der Waals surface area contributed by atoms with Crippen LogP contribution < -0.4 is 15.0 Å². The Bertz CT molecular complexity index is 609. The predicted molar refractivity (Wildman–Crippen MR) is 88.6 cm³/mol. The van der Waals surface area contributed by atoms with E-state index >= 15 is 0 Å². The molecule has 3 rings (SSSR count). The molecule has 1 aromatic carbocycles. The number of ether oxygens (including phenoxy) is 1. The van der Waals surface area contributed by atoms with Crippen LogP contribution >= 0.6 is 0 Å². The first-order valence-corrected chi connectivity index (χ1v) is 8.68. The lowest BCUT2D eigenvalue weighted by molar-refractivity contribution is -0.0519. The number of anilines is 1. The van der Waals surface area contributed by atoms with E-state index in [1.54, 1.807) is 6.07 Å². The van der Waals surface area contributed by atoms with Gasteiger partial charge < -0.3 is 15.0 Å². The molecule has 0 aromatic heterocycles. The Morgan fingerprint density at radius 3 is 2.56 bits per heavy atom. The molecule has 0 spiro atoms. The molecule has 0 amide bonds. The maximum Gasteiger partial charge on any atom is 0.387 e. The zero-order valence-electron chi connectivity index (χ0n) is 14.4. The van der Waals surface area contributed by atoms with Gasteiger partial charge in [0.25, 0.3) is 6.43 Å². The highest BCUT2D eigenvalue weighted by Crippen LogP contribution is 2.38. The Hall–Kier alpha value is -1.50. The molecule has 1 saturated heterocycles. The number of hydrogen-bond acceptors (Lipinski definition) is 3. The molecular formula is C18H24F4N2O. The molecular weight excluding hydrogens is 336 g/mol. The first-order chi connectivity index (χ1) is 11.8. The molecule has 0 bridgehead atoms. The van der Waals surface area contributed by atoms with E-state index < -0.39 is 24.3 Å². The average molecular weight is 360 g/mol. The van der Waals surface area contributed by atoms with E-state index in [1.807, 2.05) is 0 Å². The second-order valence-electron chi connectivity index (χ2n) is 7.52. The number of nitrogens with one attached hydrogen (secondary N) is 1. The molecule has 1 aromatic rings. The van der Waals surface area contributed by atoms with Crippen LogP contribution in [0.25, 0.3) is 0 Å². The van der Waals surface area contributed by atoms with Gasteiger partial charge in [-0.25, -0.2) is 8.78 Å². The normalized spacial score (nSPS) is 26.0. The van der Waals surface area contributed by atoms with Crippen LogP contribution in [0.5, 0.6) is 5.75 Å². The highest BCUT2D eigenvalue weighted by atomic mass is 19.3. The number of benzene rings is 1. The Balaban J connectivity index is 1.94. The lowest BCUT2D eigenvalue weighted by Crippen LogP contribution is -2.67. The van der Waals surface area contributed by atoms with E-state index in [9.17, 15) is 17.6 Å². The molecule has 0 radical (unpaired) electrons. The quantitative estimate of drug-likeness (QED) is 0.786. The van der Waals surface area contributed by atoms with Gasteiger partial charge in [-0.05, 0) is 44.9 Å². The molecule has 1 saturated carbocycles. The summed E-state index contributed by atoms with van der Waals surface area (Å²) in [5.74, 6) is -0.455. The van der Waals surface area contributed by atoms with Crippen LogP contribution in [0.2, 0.25) is 0 Å². The van der Waals surface area contributed by atoms with Crippen molar-refractivity contribution < 1.29 is 22.3 Å². The third kappa shape index (κ3) is 4.02. The van der Waals surface area contributed by atoms with Crippen LogP contribution in [0.15, 0.2) is 18.2 Å². The van der Waals surface area contributed by atoms with Crippen LogP contribution in [-0.2, 0) is 0 Å². The first-order valence-electron chi connectivity index (χ1n) is 8.68. The maximum absolute atomic E-state index is 13.4. The molecule has 1 aliphatic carbocycles. The van der Waals surface area contributed by atoms with Crippen molar-refractivity contribution in [1.82, 2.24) is 5.32 Å². The minimum absolute atomic E-state index is 0.151. The third-order valence-corrected chi connectivity index (χ3v) is 5.05. The molecule has 2 fully saturated rings. The van der Waals surface area contributed by atoms with Gasteiger partial charge in [0.1, 0.15) is 5.75 Å². The van der Waals surface area contributed by atoms with Gasteiger partial charge in [-0.3, -0.25) is 0 Å². The largest absolute Gasteiger partial charge is 0.434 e. The highest BCUT2D eigenvalue weighted by Gasteiger charge is 2.40. The molecule has 1 aliphatic heterocycles. The number of piperazine rings is 1. The zero-order valence-corrected chi connectivity index (χ0v) is 14.4. The molecule has 2 aliphatic rings. The number of halogens is 4. The van der Waals surface area contributed by atoms with E-state index in [0.29, 0.717) is 18.3 Å². The van der Waals surface area contributed by atoms with Crippen LogP contribution in [0.1, 0.15) is 51.5 Å². The van der Waals surface area contributed by atoms with Crippen molar-refractivity contribution in [1.29, 1.82) is 0 Å². The Morgan fingerprint density at radius 1 is 1.16 bits per heavy atom. The standard InChI is InChI=1S/C18H24F4N2O/c1-18(2)10-24(14-6-4-3-5-13(14)23-18)11-7-8-15(25-17(21)22)12(9-11)16(19)20/h7-9,13-14,16-17,23H,3-6,10H2,1-2H3. The number of nitrogens with zero attached hydrogens (tertiary/aromatic N) is 1. The Kier molecular flexibility index (Phi) is 5.14. The van der Waals surface area contributed by atoms with Crippen LogP contribution in [-0.4, -0.2) is 30.8 Å². The second kappa shape index (κ2) is 7.02. The molecule has 7 heteroatoms. The molecule has 3 nitrogen and oxygen atoms in total. The summed E-state index contributed by atoms with van der Waals surface area (Å²) >= 11 is 0. The summed E-state index contributed by atoms with van der Waals surface area (Å²) in [5, 5.41) is 3.66. The number of hydrogen-bond donors (Lipinski definition) is 1. The van der Waals surface area contributed by atoms with Gasteiger partial charge in [0.05, 0.1) is 5.56 Å². The fourth-order valence-corrected chi connectivity index (χ4v) is 4.11. The van der Waals surface area contributed by atoms with E-state index in [1.165, 1.54) is 12.1 Å². The van der Waals surface area contributed by atoms with Crippen molar-refractivity contribution in [3.63, 3.8) is 0 Å². The topological polar surface area (TPSA) is 24.5 Å². The van der Waals surface area contributed by atoms with E-state index in [2.05, 4.69) is 28.8 Å². The minimum atomic E-state index is -3.12. The summed E-state index contributed by atoms with van der Waals surface area (Å²) in [6.45, 7) is 1.73. The van der Waals surface area contributed by atoms with Crippen molar-refractivity contribution in [2.75, 3.05) is 11.4 Å². The molecule has 1 N–H and O–H groups in total. The summed E-state index contributed by atoms with van der Waals surface area (Å²) in [5.41, 5.74) is 0.00616. The van der Waals surface area contributed by atoms with Gasteiger partial charge in [0.2, 0.25) is 0 Å². The lowest BCUT2D eigenvalue weighted by Gasteiger charge is -2.52. The average Bonchev–Trinajstić information content (AvgIpc) is 2.53. The summed E-state index contributed by atoms with van der Waals surface area (Å²) in [6, 6.07) is 4.68. The van der Waals surface area contributed by atoms with Gasteiger partial charge in [0, 0.05) is 29.9 Å². The monoisotopic (exact) mass is 360 g/mol. The van der Waals surface area contributed by atoms with Gasteiger partial charge in [-0.1, -0.05) is 12.8 Å². The van der Waals surface area contributed by atoms with E-state index in [0.717, 1.165) is 25.7 Å².